The number of aromatic nitrogens is 2. The first kappa shape index (κ1) is 13.7. The van der Waals surface area contributed by atoms with Crippen molar-refractivity contribution in [3.8, 4) is 0 Å². The molecule has 0 radical (unpaired) electrons. The first-order chi connectivity index (χ1) is 9.94. The summed E-state index contributed by atoms with van der Waals surface area (Å²) in [6.07, 6.45) is 5.51. The molecule has 1 amide bonds. The maximum Gasteiger partial charge on any atom is 0.410 e. The van der Waals surface area contributed by atoms with E-state index in [1.807, 2.05) is 39.1 Å². The van der Waals surface area contributed by atoms with Gasteiger partial charge in [0.2, 0.25) is 0 Å². The number of nitrogens with one attached hydrogen (secondary N) is 1. The number of H-pyrrole nitrogens is 1. The summed E-state index contributed by atoms with van der Waals surface area (Å²) >= 11 is 0. The number of carbonyl (C=O) groups excluding carboxylic acids is 1. The fourth-order valence-electron chi connectivity index (χ4n) is 2.44. The number of hydrogen-bond acceptors (Lipinski definition) is 3. The monoisotopic (exact) mass is 285 g/mol. The molecule has 2 aromatic rings. The number of ether oxygens (including phenoxy) is 1. The summed E-state index contributed by atoms with van der Waals surface area (Å²) in [7, 11) is 0. The van der Waals surface area contributed by atoms with Crippen LogP contribution in [0.1, 0.15) is 26.3 Å². The van der Waals surface area contributed by atoms with Crippen LogP contribution < -0.4 is 0 Å². The van der Waals surface area contributed by atoms with Crippen molar-refractivity contribution in [2.75, 3.05) is 13.1 Å². The molecule has 0 fully saturated rings. The van der Waals surface area contributed by atoms with E-state index >= 15 is 0 Å². The first-order valence-corrected chi connectivity index (χ1v) is 7.03. The minimum Gasteiger partial charge on any atom is -0.444 e. The van der Waals surface area contributed by atoms with E-state index in [0.29, 0.717) is 13.1 Å². The smallest absolute Gasteiger partial charge is 0.410 e. The Balaban J connectivity index is 1.77. The van der Waals surface area contributed by atoms with Crippen LogP contribution in [0.3, 0.4) is 0 Å². The lowest BCUT2D eigenvalue weighted by Crippen LogP contribution is -2.35. The molecule has 0 bridgehead atoms. The minimum atomic E-state index is -0.468. The molecule has 1 N–H and O–H groups in total. The molecule has 0 aliphatic carbocycles. The predicted octanol–water partition coefficient (Wildman–Crippen LogP) is 3.20. The van der Waals surface area contributed by atoms with Gasteiger partial charge in [-0.2, -0.15) is 0 Å². The van der Waals surface area contributed by atoms with Crippen LogP contribution in [0, 0.1) is 0 Å². The number of carbonyl (C=O) groups is 1. The Bertz CT molecular complexity index is 710. The van der Waals surface area contributed by atoms with E-state index in [0.717, 1.165) is 22.2 Å². The molecule has 1 aliphatic heterocycles. The Hall–Kier alpha value is -2.30. The van der Waals surface area contributed by atoms with Gasteiger partial charge in [0.15, 0.2) is 0 Å². The Morgan fingerprint density at radius 1 is 1.43 bits per heavy atom. The second-order valence-electron chi connectivity index (χ2n) is 6.19. The molecule has 21 heavy (non-hydrogen) atoms. The van der Waals surface area contributed by atoms with Crippen molar-refractivity contribution in [3.05, 3.63) is 36.2 Å². The molecule has 5 nitrogen and oxygen atoms in total. The maximum atomic E-state index is 12.1. The number of aromatic amines is 1. The van der Waals surface area contributed by atoms with Gasteiger partial charge in [-0.15, -0.1) is 0 Å². The molecule has 0 aromatic carbocycles. The van der Waals surface area contributed by atoms with Crippen molar-refractivity contribution >= 4 is 22.7 Å². The van der Waals surface area contributed by atoms with E-state index in [1.54, 1.807) is 11.1 Å². The van der Waals surface area contributed by atoms with Gasteiger partial charge in [0.1, 0.15) is 11.2 Å². The van der Waals surface area contributed by atoms with E-state index in [2.05, 4.69) is 16.0 Å². The standard InChI is InChI=1S/C16H19N3O2/c1-16(2,3)21-15(20)19-8-6-11(10-19)13-9-18-14-12(13)5-4-7-17-14/h4-7,9H,8,10H2,1-3H3,(H,17,18). The van der Waals surface area contributed by atoms with Gasteiger partial charge in [0.25, 0.3) is 0 Å². The predicted molar refractivity (Wildman–Crippen MR) is 81.9 cm³/mol. The molecule has 5 heteroatoms. The molecule has 0 unspecified atom stereocenters. The zero-order valence-corrected chi connectivity index (χ0v) is 12.5. The molecule has 3 heterocycles. The first-order valence-electron chi connectivity index (χ1n) is 7.03. The Kier molecular flexibility index (Phi) is 3.20. The molecule has 110 valence electrons. The molecule has 1 aliphatic rings. The molecular weight excluding hydrogens is 266 g/mol. The lowest BCUT2D eigenvalue weighted by atomic mass is 10.1. The van der Waals surface area contributed by atoms with Gasteiger partial charge >= 0.3 is 6.09 Å². The van der Waals surface area contributed by atoms with Crippen LogP contribution in [-0.2, 0) is 4.74 Å². The average molecular weight is 285 g/mol. The SMILES string of the molecule is CC(C)(C)OC(=O)N1CC=C(c2c[nH]c3ncccc23)C1. The number of rotatable bonds is 1. The molecule has 0 spiro atoms. The molecule has 0 saturated heterocycles. The van der Waals surface area contributed by atoms with Crippen LogP contribution in [0.2, 0.25) is 0 Å². The highest BCUT2D eigenvalue weighted by Gasteiger charge is 2.26. The zero-order valence-electron chi connectivity index (χ0n) is 12.5. The molecule has 0 saturated carbocycles. The third-order valence-corrected chi connectivity index (χ3v) is 3.37. The van der Waals surface area contributed by atoms with Crippen molar-refractivity contribution in [1.82, 2.24) is 14.9 Å². The maximum absolute atomic E-state index is 12.1. The van der Waals surface area contributed by atoms with E-state index in [4.69, 9.17) is 4.74 Å². The summed E-state index contributed by atoms with van der Waals surface area (Å²) in [5.74, 6) is 0. The quantitative estimate of drug-likeness (QED) is 0.875. The largest absolute Gasteiger partial charge is 0.444 e. The third-order valence-electron chi connectivity index (χ3n) is 3.37. The van der Waals surface area contributed by atoms with Gasteiger partial charge in [-0.1, -0.05) is 6.08 Å². The van der Waals surface area contributed by atoms with Crippen molar-refractivity contribution < 1.29 is 9.53 Å². The second-order valence-corrected chi connectivity index (χ2v) is 6.19. The summed E-state index contributed by atoms with van der Waals surface area (Å²) < 4.78 is 5.41. The highest BCUT2D eigenvalue weighted by Crippen LogP contribution is 2.28. The summed E-state index contributed by atoms with van der Waals surface area (Å²) in [5.41, 5.74) is 2.62. The van der Waals surface area contributed by atoms with Crippen LogP contribution in [0.15, 0.2) is 30.6 Å². The van der Waals surface area contributed by atoms with Gasteiger partial charge in [0.05, 0.1) is 0 Å². The van der Waals surface area contributed by atoms with Gasteiger partial charge in [-0.25, -0.2) is 9.78 Å². The Morgan fingerprint density at radius 2 is 2.24 bits per heavy atom. The summed E-state index contributed by atoms with van der Waals surface area (Å²) in [5, 5.41) is 1.08. The van der Waals surface area contributed by atoms with Crippen LogP contribution in [0.4, 0.5) is 4.79 Å². The number of nitrogens with zero attached hydrogens (tertiary/aromatic N) is 2. The van der Waals surface area contributed by atoms with E-state index in [9.17, 15) is 4.79 Å². The Morgan fingerprint density at radius 3 is 3.00 bits per heavy atom. The topological polar surface area (TPSA) is 58.2 Å². The second kappa shape index (κ2) is 4.91. The summed E-state index contributed by atoms with van der Waals surface area (Å²) in [6.45, 7) is 6.77. The fraction of sp³-hybridized carbons (Fsp3) is 0.375. The lowest BCUT2D eigenvalue weighted by molar-refractivity contribution is 0.0306. The third kappa shape index (κ3) is 2.77. The van der Waals surface area contributed by atoms with Crippen molar-refractivity contribution in [3.63, 3.8) is 0 Å². The van der Waals surface area contributed by atoms with Crippen LogP contribution in [0.5, 0.6) is 0 Å². The van der Waals surface area contributed by atoms with Crippen molar-refractivity contribution in [1.29, 1.82) is 0 Å². The fourth-order valence-corrected chi connectivity index (χ4v) is 2.44. The molecule has 2 aromatic heterocycles. The number of hydrogen-bond donors (Lipinski definition) is 1. The minimum absolute atomic E-state index is 0.272. The molecular formula is C16H19N3O2. The summed E-state index contributed by atoms with van der Waals surface area (Å²) in [4.78, 5) is 21.2. The van der Waals surface area contributed by atoms with Crippen molar-refractivity contribution in [2.45, 2.75) is 26.4 Å². The van der Waals surface area contributed by atoms with Gasteiger partial charge < -0.3 is 14.6 Å². The lowest BCUT2D eigenvalue weighted by Gasteiger charge is -2.24. The molecule has 0 atom stereocenters. The van der Waals surface area contributed by atoms with Crippen molar-refractivity contribution in [2.24, 2.45) is 0 Å². The highest BCUT2D eigenvalue weighted by molar-refractivity contribution is 5.92. The van der Waals surface area contributed by atoms with Crippen LogP contribution in [-0.4, -0.2) is 39.7 Å². The van der Waals surface area contributed by atoms with Crippen LogP contribution >= 0.6 is 0 Å². The highest BCUT2D eigenvalue weighted by atomic mass is 16.6. The number of fused-ring (bicyclic) bond motifs is 1. The summed E-state index contributed by atoms with van der Waals surface area (Å²) in [6, 6.07) is 3.95. The zero-order chi connectivity index (χ0) is 15.0. The number of amides is 1. The Labute approximate surface area is 123 Å². The normalized spacial score (nSPS) is 15.4. The number of pyridine rings is 1. The van der Waals surface area contributed by atoms with E-state index in [1.165, 1.54) is 0 Å². The van der Waals surface area contributed by atoms with Gasteiger partial charge in [0, 0.05) is 36.4 Å². The molecule has 3 rings (SSSR count). The van der Waals surface area contributed by atoms with E-state index < -0.39 is 5.60 Å². The average Bonchev–Trinajstić information content (AvgIpc) is 3.03. The van der Waals surface area contributed by atoms with E-state index in [-0.39, 0.29) is 6.09 Å². The van der Waals surface area contributed by atoms with Crippen LogP contribution in [0.25, 0.3) is 16.6 Å². The van der Waals surface area contributed by atoms with Gasteiger partial charge in [-0.3, -0.25) is 0 Å². The van der Waals surface area contributed by atoms with Gasteiger partial charge in [-0.05, 0) is 38.5 Å².